The summed E-state index contributed by atoms with van der Waals surface area (Å²) >= 11 is 0. The second-order valence-electron chi connectivity index (χ2n) is 6.29. The van der Waals surface area contributed by atoms with Gasteiger partial charge in [-0.25, -0.2) is 0 Å². The first-order valence-electron chi connectivity index (χ1n) is 8.82. The number of oxazole rings is 1. The molecule has 0 aliphatic carbocycles. The number of benzene rings is 1. The number of hydrogen-bond donors (Lipinski definition) is 2. The maximum Gasteiger partial charge on any atom is 0.298 e. The number of aromatic nitrogens is 1. The largest absolute Gasteiger partial charge is 0.423 e. The third-order valence-corrected chi connectivity index (χ3v) is 4.41. The highest BCUT2D eigenvalue weighted by Gasteiger charge is 2.27. The molecule has 2 N–H and O–H groups in total. The number of nitrogens with zero attached hydrogens (tertiary/aromatic N) is 2. The highest BCUT2D eigenvalue weighted by Crippen LogP contribution is 2.26. The van der Waals surface area contributed by atoms with Crippen LogP contribution in [0.5, 0.6) is 0 Å². The monoisotopic (exact) mass is 344 g/mol. The van der Waals surface area contributed by atoms with E-state index >= 15 is 0 Å². The van der Waals surface area contributed by atoms with E-state index in [9.17, 15) is 9.59 Å². The average molecular weight is 344 g/mol. The Hall–Kier alpha value is -2.57. The fraction of sp³-hybridized carbons (Fsp3) is 0.500. The molecule has 2 amide bonds. The molecule has 7 heteroatoms. The number of hydrogen-bond acceptors (Lipinski definition) is 5. The van der Waals surface area contributed by atoms with E-state index in [1.807, 2.05) is 31.2 Å². The van der Waals surface area contributed by atoms with Gasteiger partial charge in [0.1, 0.15) is 5.52 Å². The Bertz CT molecular complexity index is 702. The number of anilines is 1. The molecule has 1 fully saturated rings. The van der Waals surface area contributed by atoms with Gasteiger partial charge in [0.2, 0.25) is 11.8 Å². The molecular formula is C18H24N4O3. The van der Waals surface area contributed by atoms with Gasteiger partial charge in [0, 0.05) is 25.6 Å². The van der Waals surface area contributed by atoms with Crippen molar-refractivity contribution < 1.29 is 14.0 Å². The normalized spacial score (nSPS) is 15.3. The van der Waals surface area contributed by atoms with Crippen LogP contribution in [-0.2, 0) is 9.59 Å². The topological polar surface area (TPSA) is 87.5 Å². The van der Waals surface area contributed by atoms with E-state index in [-0.39, 0.29) is 24.3 Å². The van der Waals surface area contributed by atoms with Crippen LogP contribution < -0.4 is 15.5 Å². The standard InChI is InChI=1S/C18H24N4O3/c1-2-9-19-16(23)12-20-17(24)13-7-10-22(11-8-13)18-21-14-5-3-4-6-15(14)25-18/h3-6,13H,2,7-12H2,1H3,(H,19,23)(H,20,24). The van der Waals surface area contributed by atoms with E-state index in [1.165, 1.54) is 0 Å². The zero-order chi connectivity index (χ0) is 17.6. The Morgan fingerprint density at radius 2 is 2.00 bits per heavy atom. The second kappa shape index (κ2) is 8.00. The summed E-state index contributed by atoms with van der Waals surface area (Å²) < 4.78 is 5.78. The molecule has 0 spiro atoms. The number of nitrogens with one attached hydrogen (secondary N) is 2. The zero-order valence-electron chi connectivity index (χ0n) is 14.5. The lowest BCUT2D eigenvalue weighted by Gasteiger charge is -2.30. The molecule has 1 aromatic heterocycles. The first-order chi connectivity index (χ1) is 12.2. The molecule has 1 aliphatic heterocycles. The number of rotatable bonds is 6. The smallest absolute Gasteiger partial charge is 0.298 e. The molecule has 7 nitrogen and oxygen atoms in total. The lowest BCUT2D eigenvalue weighted by Crippen LogP contribution is -2.43. The second-order valence-corrected chi connectivity index (χ2v) is 6.29. The predicted octanol–water partition coefficient (Wildman–Crippen LogP) is 1.69. The third-order valence-electron chi connectivity index (χ3n) is 4.41. The maximum absolute atomic E-state index is 12.2. The molecule has 25 heavy (non-hydrogen) atoms. The van der Waals surface area contributed by atoms with Crippen molar-refractivity contribution in [1.29, 1.82) is 0 Å². The molecule has 0 saturated carbocycles. The minimum atomic E-state index is -0.140. The summed E-state index contributed by atoms with van der Waals surface area (Å²) in [6.45, 7) is 4.10. The van der Waals surface area contributed by atoms with E-state index in [4.69, 9.17) is 4.42 Å². The van der Waals surface area contributed by atoms with Crippen LogP contribution in [0.3, 0.4) is 0 Å². The van der Waals surface area contributed by atoms with Crippen molar-refractivity contribution in [3.05, 3.63) is 24.3 Å². The number of piperidine rings is 1. The lowest BCUT2D eigenvalue weighted by molar-refractivity contribution is -0.129. The number of carbonyl (C=O) groups is 2. The van der Waals surface area contributed by atoms with Crippen LogP contribution in [0.1, 0.15) is 26.2 Å². The summed E-state index contributed by atoms with van der Waals surface area (Å²) in [7, 11) is 0. The Kier molecular flexibility index (Phi) is 5.53. The van der Waals surface area contributed by atoms with E-state index in [2.05, 4.69) is 20.5 Å². The van der Waals surface area contributed by atoms with E-state index in [1.54, 1.807) is 0 Å². The molecule has 3 rings (SSSR count). The fourth-order valence-corrected chi connectivity index (χ4v) is 2.97. The SMILES string of the molecule is CCCNC(=O)CNC(=O)C1CCN(c2nc3ccccc3o2)CC1. The summed E-state index contributed by atoms with van der Waals surface area (Å²) in [5, 5.41) is 5.48. The number of fused-ring (bicyclic) bond motifs is 1. The van der Waals surface area contributed by atoms with Gasteiger partial charge in [-0.2, -0.15) is 4.98 Å². The Balaban J connectivity index is 1.48. The van der Waals surface area contributed by atoms with Gasteiger partial charge in [0.15, 0.2) is 5.58 Å². The summed E-state index contributed by atoms with van der Waals surface area (Å²) in [6, 6.07) is 8.28. The van der Waals surface area contributed by atoms with Crippen LogP contribution >= 0.6 is 0 Å². The van der Waals surface area contributed by atoms with Crippen molar-refractivity contribution in [1.82, 2.24) is 15.6 Å². The van der Waals surface area contributed by atoms with Gasteiger partial charge in [0.25, 0.3) is 6.01 Å². The van der Waals surface area contributed by atoms with Crippen LogP contribution in [0.25, 0.3) is 11.1 Å². The van der Waals surface area contributed by atoms with Crippen LogP contribution in [0.2, 0.25) is 0 Å². The molecule has 2 aromatic rings. The first kappa shape index (κ1) is 17.3. The Labute approximate surface area is 146 Å². The number of carbonyl (C=O) groups excluding carboxylic acids is 2. The van der Waals surface area contributed by atoms with Gasteiger partial charge in [0.05, 0.1) is 6.54 Å². The zero-order valence-corrected chi connectivity index (χ0v) is 14.5. The number of amides is 2. The van der Waals surface area contributed by atoms with Gasteiger partial charge in [-0.15, -0.1) is 0 Å². The quantitative estimate of drug-likeness (QED) is 0.833. The highest BCUT2D eigenvalue weighted by atomic mass is 16.4. The van der Waals surface area contributed by atoms with Gasteiger partial charge < -0.3 is 20.0 Å². The average Bonchev–Trinajstić information content (AvgIpc) is 3.08. The lowest BCUT2D eigenvalue weighted by atomic mass is 9.96. The number of para-hydroxylation sites is 2. The molecule has 1 aliphatic rings. The molecule has 2 heterocycles. The molecule has 134 valence electrons. The Morgan fingerprint density at radius 1 is 1.24 bits per heavy atom. The fourth-order valence-electron chi connectivity index (χ4n) is 2.97. The maximum atomic E-state index is 12.2. The Morgan fingerprint density at radius 3 is 2.72 bits per heavy atom. The van der Waals surface area contributed by atoms with E-state index in [0.717, 1.165) is 30.4 Å². The third kappa shape index (κ3) is 4.29. The van der Waals surface area contributed by atoms with Crippen LogP contribution in [-0.4, -0.2) is 43.0 Å². The van der Waals surface area contributed by atoms with Crippen LogP contribution in [0.4, 0.5) is 6.01 Å². The summed E-state index contributed by atoms with van der Waals surface area (Å²) in [5.74, 6) is -0.262. The molecule has 0 unspecified atom stereocenters. The van der Waals surface area contributed by atoms with Gasteiger partial charge in [-0.05, 0) is 31.4 Å². The minimum Gasteiger partial charge on any atom is -0.423 e. The molecule has 1 saturated heterocycles. The summed E-state index contributed by atoms with van der Waals surface area (Å²) in [5.41, 5.74) is 1.62. The van der Waals surface area contributed by atoms with E-state index < -0.39 is 0 Å². The van der Waals surface area contributed by atoms with Crippen molar-refractivity contribution in [2.24, 2.45) is 5.92 Å². The summed E-state index contributed by atoms with van der Waals surface area (Å²) in [4.78, 5) is 30.3. The molecular weight excluding hydrogens is 320 g/mol. The molecule has 1 aromatic carbocycles. The van der Waals surface area contributed by atoms with Crippen molar-refractivity contribution in [3.63, 3.8) is 0 Å². The predicted molar refractivity (Wildman–Crippen MR) is 95.3 cm³/mol. The van der Waals surface area contributed by atoms with Crippen LogP contribution in [0, 0.1) is 5.92 Å². The highest BCUT2D eigenvalue weighted by molar-refractivity contribution is 5.85. The first-order valence-corrected chi connectivity index (χ1v) is 8.82. The summed E-state index contributed by atoms with van der Waals surface area (Å²) in [6.07, 6.45) is 2.33. The van der Waals surface area contributed by atoms with Gasteiger partial charge in [-0.3, -0.25) is 9.59 Å². The van der Waals surface area contributed by atoms with E-state index in [0.29, 0.717) is 25.6 Å². The van der Waals surface area contributed by atoms with Crippen molar-refractivity contribution in [2.75, 3.05) is 31.1 Å². The van der Waals surface area contributed by atoms with Crippen molar-refractivity contribution >= 4 is 28.9 Å². The minimum absolute atomic E-state index is 0.0458. The van der Waals surface area contributed by atoms with Gasteiger partial charge in [-0.1, -0.05) is 19.1 Å². The molecule has 0 radical (unpaired) electrons. The molecule has 0 bridgehead atoms. The van der Waals surface area contributed by atoms with Crippen molar-refractivity contribution in [2.45, 2.75) is 26.2 Å². The van der Waals surface area contributed by atoms with Crippen LogP contribution in [0.15, 0.2) is 28.7 Å². The van der Waals surface area contributed by atoms with Gasteiger partial charge >= 0.3 is 0 Å². The molecule has 0 atom stereocenters. The van der Waals surface area contributed by atoms with Crippen molar-refractivity contribution in [3.8, 4) is 0 Å².